The number of hydrogen-bond acceptors (Lipinski definition) is 3. The first-order valence-corrected chi connectivity index (χ1v) is 10.7. The number of carboxylic acid groups (broad SMARTS) is 1. The average molecular weight is 390 g/mol. The fourth-order valence-corrected chi connectivity index (χ4v) is 4.97. The Hall–Kier alpha value is -1.85. The molecule has 0 aromatic carbocycles. The largest absolute Gasteiger partial charge is 0.478 e. The highest BCUT2D eigenvalue weighted by Crippen LogP contribution is 2.41. The van der Waals surface area contributed by atoms with Crippen LogP contribution in [0.3, 0.4) is 0 Å². The van der Waals surface area contributed by atoms with Gasteiger partial charge in [-0.2, -0.15) is 5.10 Å². The van der Waals surface area contributed by atoms with Gasteiger partial charge in [-0.05, 0) is 62.7 Å². The van der Waals surface area contributed by atoms with E-state index in [4.69, 9.17) is 0 Å². The summed E-state index contributed by atoms with van der Waals surface area (Å²) in [4.78, 5) is 26.0. The van der Waals surface area contributed by atoms with Gasteiger partial charge in [-0.3, -0.25) is 9.48 Å². The van der Waals surface area contributed by atoms with Crippen molar-refractivity contribution in [3.05, 3.63) is 17.5 Å². The third kappa shape index (κ3) is 4.58. The highest BCUT2D eigenvalue weighted by atomic mass is 16.4. The molecule has 2 fully saturated rings. The summed E-state index contributed by atoms with van der Waals surface area (Å²) >= 11 is 0. The van der Waals surface area contributed by atoms with Gasteiger partial charge >= 0.3 is 5.97 Å². The minimum absolute atomic E-state index is 0.180. The first kappa shape index (κ1) is 20.9. The third-order valence-corrected chi connectivity index (χ3v) is 6.97. The second kappa shape index (κ2) is 8.26. The van der Waals surface area contributed by atoms with Crippen molar-refractivity contribution in [2.24, 2.45) is 17.3 Å². The quantitative estimate of drug-likeness (QED) is 0.833. The zero-order chi connectivity index (χ0) is 20.5. The van der Waals surface area contributed by atoms with Crippen LogP contribution in [0.25, 0.3) is 0 Å². The van der Waals surface area contributed by atoms with Crippen LogP contribution in [0.4, 0.5) is 0 Å². The molecule has 3 rings (SSSR count). The Morgan fingerprint density at radius 2 is 1.71 bits per heavy atom. The van der Waals surface area contributed by atoms with Crippen molar-refractivity contribution >= 4 is 11.9 Å². The molecular formula is C22H35N3O3. The average Bonchev–Trinajstić information content (AvgIpc) is 3.03. The van der Waals surface area contributed by atoms with Gasteiger partial charge in [0.15, 0.2) is 0 Å². The number of carbonyl (C=O) groups excluding carboxylic acids is 1. The molecule has 1 aliphatic carbocycles. The van der Waals surface area contributed by atoms with Crippen LogP contribution in [-0.4, -0.2) is 44.8 Å². The van der Waals surface area contributed by atoms with E-state index < -0.39 is 5.97 Å². The highest BCUT2D eigenvalue weighted by Gasteiger charge is 2.32. The van der Waals surface area contributed by atoms with Gasteiger partial charge in [-0.1, -0.05) is 20.8 Å². The van der Waals surface area contributed by atoms with Gasteiger partial charge in [0.2, 0.25) is 5.91 Å². The smallest absolute Gasteiger partial charge is 0.339 e. The molecule has 0 bridgehead atoms. The number of likely N-dealkylation sites (tertiary alicyclic amines) is 1. The predicted molar refractivity (Wildman–Crippen MR) is 108 cm³/mol. The van der Waals surface area contributed by atoms with Crippen LogP contribution >= 0.6 is 0 Å². The summed E-state index contributed by atoms with van der Waals surface area (Å²) in [5, 5.41) is 13.5. The van der Waals surface area contributed by atoms with E-state index in [1.165, 1.54) is 31.9 Å². The molecule has 156 valence electrons. The molecule has 6 nitrogen and oxygen atoms in total. The normalized spacial score (nSPS) is 24.4. The Bertz CT molecular complexity index is 703. The third-order valence-electron chi connectivity index (χ3n) is 6.97. The number of carboxylic acids is 1. The predicted octanol–water partition coefficient (Wildman–Crippen LogP) is 4.30. The Morgan fingerprint density at radius 3 is 2.21 bits per heavy atom. The maximum Gasteiger partial charge on any atom is 0.339 e. The van der Waals surface area contributed by atoms with Gasteiger partial charge in [-0.15, -0.1) is 0 Å². The van der Waals surface area contributed by atoms with E-state index in [1.54, 1.807) is 0 Å². The lowest BCUT2D eigenvalue weighted by molar-refractivity contribution is -0.133. The number of piperidine rings is 1. The number of hydrogen-bond donors (Lipinski definition) is 1. The van der Waals surface area contributed by atoms with Gasteiger partial charge in [0.1, 0.15) is 5.56 Å². The Balaban J connectivity index is 1.48. The van der Waals surface area contributed by atoms with E-state index in [2.05, 4.69) is 25.9 Å². The maximum absolute atomic E-state index is 12.8. The lowest BCUT2D eigenvalue weighted by Crippen LogP contribution is -2.40. The monoisotopic (exact) mass is 389 g/mol. The molecule has 0 atom stereocenters. The summed E-state index contributed by atoms with van der Waals surface area (Å²) in [5.74, 6) is 0.677. The van der Waals surface area contributed by atoms with Crippen molar-refractivity contribution in [3.8, 4) is 0 Å². The SMILES string of the molecule is Cc1c(C(=O)O)cnn1C1CCN(C(=O)CC2CCC(C(C)(C)C)CC2)CC1. The molecule has 1 aromatic heterocycles. The van der Waals surface area contributed by atoms with Crippen molar-refractivity contribution in [3.63, 3.8) is 0 Å². The second-order valence-corrected chi connectivity index (χ2v) is 9.79. The van der Waals surface area contributed by atoms with Gasteiger partial charge in [0.05, 0.1) is 17.9 Å². The van der Waals surface area contributed by atoms with E-state index in [0.29, 0.717) is 29.4 Å². The molecule has 28 heavy (non-hydrogen) atoms. The molecule has 2 aliphatic rings. The van der Waals surface area contributed by atoms with Crippen LogP contribution in [0, 0.1) is 24.2 Å². The molecule has 2 heterocycles. The minimum Gasteiger partial charge on any atom is -0.478 e. The van der Waals surface area contributed by atoms with E-state index >= 15 is 0 Å². The van der Waals surface area contributed by atoms with Crippen LogP contribution in [0.1, 0.15) is 87.8 Å². The standard InChI is InChI=1S/C22H35N3O3/c1-15-19(21(27)28)14-23-25(15)18-9-11-24(12-10-18)20(26)13-16-5-7-17(8-6-16)22(2,3)4/h14,16-18H,5-13H2,1-4H3,(H,27,28). The summed E-state index contributed by atoms with van der Waals surface area (Å²) in [7, 11) is 0. The molecule has 1 saturated carbocycles. The number of aromatic carboxylic acids is 1. The molecular weight excluding hydrogens is 354 g/mol. The molecule has 1 N–H and O–H groups in total. The van der Waals surface area contributed by atoms with E-state index in [9.17, 15) is 14.7 Å². The topological polar surface area (TPSA) is 75.4 Å². The van der Waals surface area contributed by atoms with Crippen molar-refractivity contribution in [2.45, 2.75) is 78.7 Å². The molecule has 1 saturated heterocycles. The zero-order valence-corrected chi connectivity index (χ0v) is 17.8. The Labute approximate surface area is 168 Å². The van der Waals surface area contributed by atoms with Gasteiger partial charge in [-0.25, -0.2) is 4.79 Å². The zero-order valence-electron chi connectivity index (χ0n) is 17.8. The summed E-state index contributed by atoms with van der Waals surface area (Å²) < 4.78 is 1.83. The van der Waals surface area contributed by atoms with E-state index in [0.717, 1.165) is 31.8 Å². The molecule has 0 spiro atoms. The number of rotatable bonds is 4. The number of carbonyl (C=O) groups is 2. The number of nitrogens with zero attached hydrogens (tertiary/aromatic N) is 3. The lowest BCUT2D eigenvalue weighted by atomic mass is 9.69. The fourth-order valence-electron chi connectivity index (χ4n) is 4.97. The number of aromatic nitrogens is 2. The lowest BCUT2D eigenvalue weighted by Gasteiger charge is -2.38. The fraction of sp³-hybridized carbons (Fsp3) is 0.773. The van der Waals surface area contributed by atoms with Crippen LogP contribution in [0.2, 0.25) is 0 Å². The molecule has 0 unspecified atom stereocenters. The summed E-state index contributed by atoms with van der Waals surface area (Å²) in [6, 6.07) is 0.180. The summed E-state index contributed by atoms with van der Waals surface area (Å²) in [5.41, 5.74) is 1.35. The van der Waals surface area contributed by atoms with Crippen molar-refractivity contribution in [2.75, 3.05) is 13.1 Å². The van der Waals surface area contributed by atoms with Crippen LogP contribution in [0.5, 0.6) is 0 Å². The summed E-state index contributed by atoms with van der Waals surface area (Å²) in [6.45, 7) is 10.3. The van der Waals surface area contributed by atoms with Crippen LogP contribution in [0.15, 0.2) is 6.20 Å². The minimum atomic E-state index is -0.933. The Morgan fingerprint density at radius 1 is 1.11 bits per heavy atom. The van der Waals surface area contributed by atoms with E-state index in [1.807, 2.05) is 16.5 Å². The molecule has 1 aliphatic heterocycles. The molecule has 0 radical (unpaired) electrons. The van der Waals surface area contributed by atoms with E-state index in [-0.39, 0.29) is 11.6 Å². The van der Waals surface area contributed by atoms with Gasteiger partial charge in [0.25, 0.3) is 0 Å². The second-order valence-electron chi connectivity index (χ2n) is 9.79. The highest BCUT2D eigenvalue weighted by molar-refractivity contribution is 5.88. The molecule has 1 aromatic rings. The van der Waals surface area contributed by atoms with Crippen molar-refractivity contribution < 1.29 is 14.7 Å². The van der Waals surface area contributed by atoms with Gasteiger partial charge in [0, 0.05) is 19.5 Å². The van der Waals surface area contributed by atoms with Crippen molar-refractivity contribution in [1.82, 2.24) is 14.7 Å². The van der Waals surface area contributed by atoms with Crippen LogP contribution < -0.4 is 0 Å². The van der Waals surface area contributed by atoms with Crippen LogP contribution in [-0.2, 0) is 4.79 Å². The first-order chi connectivity index (χ1) is 13.2. The molecule has 6 heteroatoms. The van der Waals surface area contributed by atoms with Crippen molar-refractivity contribution in [1.29, 1.82) is 0 Å². The maximum atomic E-state index is 12.8. The molecule has 1 amide bonds. The Kier molecular flexibility index (Phi) is 6.15. The first-order valence-electron chi connectivity index (χ1n) is 10.7. The summed E-state index contributed by atoms with van der Waals surface area (Å²) in [6.07, 6.45) is 8.63. The number of amides is 1. The van der Waals surface area contributed by atoms with Gasteiger partial charge < -0.3 is 10.0 Å².